The first kappa shape index (κ1) is 8.50. The van der Waals surface area contributed by atoms with Crippen molar-refractivity contribution in [2.24, 2.45) is 0 Å². The van der Waals surface area contributed by atoms with Crippen molar-refractivity contribution in [2.45, 2.75) is 25.8 Å². The van der Waals surface area contributed by atoms with Crippen LogP contribution in [0.5, 0.6) is 0 Å². The number of hydrogen-bond donors (Lipinski definition) is 1. The molecule has 0 saturated carbocycles. The summed E-state index contributed by atoms with van der Waals surface area (Å²) >= 11 is 0. The summed E-state index contributed by atoms with van der Waals surface area (Å²) in [6.07, 6.45) is 1.81. The molecule has 1 aliphatic rings. The van der Waals surface area contributed by atoms with Crippen LogP contribution in [0.2, 0.25) is 0 Å². The summed E-state index contributed by atoms with van der Waals surface area (Å²) in [5.74, 6) is 0.761. The molecule has 72 valence electrons. The molecule has 1 N–H and O–H groups in total. The molecule has 1 aliphatic heterocycles. The molecule has 1 fully saturated rings. The fraction of sp³-hybridized carbons (Fsp3) is 0.750. The van der Waals surface area contributed by atoms with Crippen molar-refractivity contribution in [1.29, 1.82) is 0 Å². The van der Waals surface area contributed by atoms with E-state index in [1.54, 1.807) is 4.57 Å². The SMILES string of the molecule is Cc1n[nH]c(=O)n1C1CCOCC1. The number of aromatic amines is 1. The maximum atomic E-state index is 11.3. The molecule has 0 bridgehead atoms. The molecule has 0 unspecified atom stereocenters. The lowest BCUT2D eigenvalue weighted by Gasteiger charge is -2.22. The van der Waals surface area contributed by atoms with Crippen LogP contribution in [-0.4, -0.2) is 28.0 Å². The van der Waals surface area contributed by atoms with Crippen molar-refractivity contribution in [2.75, 3.05) is 13.2 Å². The van der Waals surface area contributed by atoms with Crippen LogP contribution >= 0.6 is 0 Å². The smallest absolute Gasteiger partial charge is 0.343 e. The van der Waals surface area contributed by atoms with Gasteiger partial charge in [0.25, 0.3) is 0 Å². The zero-order valence-corrected chi connectivity index (χ0v) is 7.62. The van der Waals surface area contributed by atoms with Gasteiger partial charge in [-0.25, -0.2) is 9.89 Å². The van der Waals surface area contributed by atoms with Crippen LogP contribution in [-0.2, 0) is 4.74 Å². The quantitative estimate of drug-likeness (QED) is 0.678. The van der Waals surface area contributed by atoms with Crippen LogP contribution < -0.4 is 5.69 Å². The summed E-state index contributed by atoms with van der Waals surface area (Å²) in [4.78, 5) is 11.3. The third-order valence-electron chi connectivity index (χ3n) is 2.44. The lowest BCUT2D eigenvalue weighted by atomic mass is 10.1. The summed E-state index contributed by atoms with van der Waals surface area (Å²) < 4.78 is 6.96. The third-order valence-corrected chi connectivity index (χ3v) is 2.44. The summed E-state index contributed by atoms with van der Waals surface area (Å²) in [5.41, 5.74) is -0.107. The van der Waals surface area contributed by atoms with Crippen molar-refractivity contribution >= 4 is 0 Å². The number of aryl methyl sites for hydroxylation is 1. The second kappa shape index (κ2) is 3.33. The molecule has 0 radical (unpaired) electrons. The first-order valence-corrected chi connectivity index (χ1v) is 4.50. The second-order valence-electron chi connectivity index (χ2n) is 3.29. The fourth-order valence-electron chi connectivity index (χ4n) is 1.76. The van der Waals surface area contributed by atoms with Crippen LogP contribution in [0.25, 0.3) is 0 Å². The Balaban J connectivity index is 2.27. The predicted octanol–water partition coefficient (Wildman–Crippen LogP) is 0.231. The van der Waals surface area contributed by atoms with E-state index in [0.717, 1.165) is 31.9 Å². The average molecular weight is 183 g/mol. The van der Waals surface area contributed by atoms with Crippen molar-refractivity contribution in [3.05, 3.63) is 16.3 Å². The molecule has 1 aromatic rings. The molecule has 5 nitrogen and oxygen atoms in total. The molecule has 5 heteroatoms. The highest BCUT2D eigenvalue weighted by Crippen LogP contribution is 2.19. The van der Waals surface area contributed by atoms with Gasteiger partial charge in [-0.15, -0.1) is 0 Å². The third kappa shape index (κ3) is 1.51. The fourth-order valence-corrected chi connectivity index (χ4v) is 1.76. The number of H-pyrrole nitrogens is 1. The molecule has 1 saturated heterocycles. The molecule has 0 amide bonds. The average Bonchev–Trinajstić information content (AvgIpc) is 2.48. The number of aromatic nitrogens is 3. The van der Waals surface area contributed by atoms with E-state index >= 15 is 0 Å². The number of rotatable bonds is 1. The molecular weight excluding hydrogens is 170 g/mol. The van der Waals surface area contributed by atoms with E-state index < -0.39 is 0 Å². The van der Waals surface area contributed by atoms with E-state index in [4.69, 9.17) is 4.74 Å². The summed E-state index contributed by atoms with van der Waals surface area (Å²) in [5, 5.41) is 6.33. The van der Waals surface area contributed by atoms with Crippen LogP contribution in [0, 0.1) is 6.92 Å². The highest BCUT2D eigenvalue weighted by atomic mass is 16.5. The van der Waals surface area contributed by atoms with Gasteiger partial charge in [-0.2, -0.15) is 5.10 Å². The molecule has 2 heterocycles. The van der Waals surface area contributed by atoms with Crippen LogP contribution in [0.15, 0.2) is 4.79 Å². The summed E-state index contributed by atoms with van der Waals surface area (Å²) in [6.45, 7) is 3.32. The van der Waals surface area contributed by atoms with Crippen LogP contribution in [0.1, 0.15) is 24.7 Å². The lowest BCUT2D eigenvalue weighted by Crippen LogP contribution is -2.28. The van der Waals surface area contributed by atoms with Gasteiger partial charge in [0.05, 0.1) is 0 Å². The van der Waals surface area contributed by atoms with Crippen LogP contribution in [0.4, 0.5) is 0 Å². The van der Waals surface area contributed by atoms with Gasteiger partial charge in [0.15, 0.2) is 0 Å². The monoisotopic (exact) mass is 183 g/mol. The molecule has 1 aromatic heterocycles. The van der Waals surface area contributed by atoms with Crippen molar-refractivity contribution in [1.82, 2.24) is 14.8 Å². The minimum absolute atomic E-state index is 0.107. The second-order valence-corrected chi connectivity index (χ2v) is 3.29. The first-order valence-electron chi connectivity index (χ1n) is 4.50. The largest absolute Gasteiger partial charge is 0.381 e. The molecule has 0 aliphatic carbocycles. The zero-order chi connectivity index (χ0) is 9.26. The van der Waals surface area contributed by atoms with E-state index in [-0.39, 0.29) is 11.7 Å². The normalized spacial score (nSPS) is 19.2. The summed E-state index contributed by atoms with van der Waals surface area (Å²) in [6, 6.07) is 0.264. The predicted molar refractivity (Wildman–Crippen MR) is 46.7 cm³/mol. The Morgan fingerprint density at radius 3 is 2.77 bits per heavy atom. The standard InChI is InChI=1S/C8H13N3O2/c1-6-9-10-8(12)11(6)7-2-4-13-5-3-7/h7H,2-5H2,1H3,(H,10,12). The minimum atomic E-state index is -0.107. The van der Waals surface area contributed by atoms with Gasteiger partial charge in [0.1, 0.15) is 5.82 Å². The topological polar surface area (TPSA) is 59.9 Å². The Morgan fingerprint density at radius 2 is 2.23 bits per heavy atom. The zero-order valence-electron chi connectivity index (χ0n) is 7.62. The van der Waals surface area contributed by atoms with Gasteiger partial charge in [-0.3, -0.25) is 4.57 Å². The molecule has 0 spiro atoms. The van der Waals surface area contributed by atoms with E-state index in [0.29, 0.717) is 0 Å². The van der Waals surface area contributed by atoms with E-state index in [1.807, 2.05) is 6.92 Å². The Labute approximate surface area is 75.7 Å². The highest BCUT2D eigenvalue weighted by molar-refractivity contribution is 4.87. The van der Waals surface area contributed by atoms with Crippen molar-refractivity contribution in [3.8, 4) is 0 Å². The van der Waals surface area contributed by atoms with Gasteiger partial charge in [-0.1, -0.05) is 0 Å². The first-order chi connectivity index (χ1) is 6.29. The number of hydrogen-bond acceptors (Lipinski definition) is 3. The maximum absolute atomic E-state index is 11.3. The summed E-state index contributed by atoms with van der Waals surface area (Å²) in [7, 11) is 0. The van der Waals surface area contributed by atoms with E-state index in [9.17, 15) is 4.79 Å². The van der Waals surface area contributed by atoms with Crippen molar-refractivity contribution < 1.29 is 4.74 Å². The van der Waals surface area contributed by atoms with Crippen LogP contribution in [0.3, 0.4) is 0 Å². The Morgan fingerprint density at radius 1 is 1.54 bits per heavy atom. The van der Waals surface area contributed by atoms with E-state index in [2.05, 4.69) is 10.2 Å². The Bertz CT molecular complexity index is 335. The molecule has 0 aromatic carbocycles. The lowest BCUT2D eigenvalue weighted by molar-refractivity contribution is 0.0681. The van der Waals surface area contributed by atoms with Gasteiger partial charge in [0.2, 0.25) is 0 Å². The van der Waals surface area contributed by atoms with Gasteiger partial charge < -0.3 is 4.74 Å². The minimum Gasteiger partial charge on any atom is -0.381 e. The number of nitrogens with zero attached hydrogens (tertiary/aromatic N) is 2. The molecule has 0 atom stereocenters. The Kier molecular flexibility index (Phi) is 2.18. The highest BCUT2D eigenvalue weighted by Gasteiger charge is 2.19. The Hall–Kier alpha value is -1.10. The molecule has 2 rings (SSSR count). The van der Waals surface area contributed by atoms with Crippen molar-refractivity contribution in [3.63, 3.8) is 0 Å². The number of nitrogens with one attached hydrogen (secondary N) is 1. The maximum Gasteiger partial charge on any atom is 0.343 e. The van der Waals surface area contributed by atoms with Gasteiger partial charge in [-0.05, 0) is 19.8 Å². The molecule has 13 heavy (non-hydrogen) atoms. The van der Waals surface area contributed by atoms with E-state index in [1.165, 1.54) is 0 Å². The number of ether oxygens (including phenoxy) is 1. The van der Waals surface area contributed by atoms with Gasteiger partial charge >= 0.3 is 5.69 Å². The molecular formula is C8H13N3O2. The van der Waals surface area contributed by atoms with Gasteiger partial charge in [0, 0.05) is 19.3 Å².